The molecule has 1 heterocycles. The van der Waals surface area contributed by atoms with Crippen molar-refractivity contribution in [1.82, 2.24) is 0 Å². The van der Waals surface area contributed by atoms with E-state index in [1.54, 1.807) is 0 Å². The molecule has 2 fully saturated rings. The summed E-state index contributed by atoms with van der Waals surface area (Å²) in [5, 5.41) is 0. The lowest BCUT2D eigenvalue weighted by Crippen LogP contribution is -2.39. The topological polar surface area (TPSA) is 18.5 Å². The number of hydrogen-bond acceptors (Lipinski definition) is 2. The van der Waals surface area contributed by atoms with Gasteiger partial charge in [0, 0.05) is 12.8 Å². The van der Waals surface area contributed by atoms with Gasteiger partial charge in [-0.05, 0) is 19.3 Å². The Morgan fingerprint density at radius 3 is 2.75 bits per heavy atom. The fourth-order valence-corrected chi connectivity index (χ4v) is 1.78. The molecule has 0 amide bonds. The van der Waals surface area contributed by atoms with E-state index < -0.39 is 0 Å². The summed E-state index contributed by atoms with van der Waals surface area (Å²) in [6, 6.07) is 0. The molecule has 12 heavy (non-hydrogen) atoms. The van der Waals surface area contributed by atoms with Crippen molar-refractivity contribution in [2.45, 2.75) is 44.5 Å². The molecule has 0 aromatic carbocycles. The zero-order valence-corrected chi connectivity index (χ0v) is 7.58. The smallest absolute Gasteiger partial charge is 0.168 e. The fraction of sp³-hybridized carbons (Fsp3) is 0.900. The molecule has 68 valence electrons. The molecule has 1 saturated carbocycles. The van der Waals surface area contributed by atoms with Gasteiger partial charge in [-0.2, -0.15) is 0 Å². The van der Waals surface area contributed by atoms with Crippen LogP contribution in [0.3, 0.4) is 0 Å². The molecule has 1 spiro atoms. The Morgan fingerprint density at radius 1 is 1.58 bits per heavy atom. The highest BCUT2D eigenvalue weighted by molar-refractivity contribution is 4.89. The first kappa shape index (κ1) is 8.52. The first-order valence-electron chi connectivity index (χ1n) is 4.83. The third-order valence-electron chi connectivity index (χ3n) is 2.94. The number of rotatable bonds is 2. The molecule has 2 atom stereocenters. The van der Waals surface area contributed by atoms with Gasteiger partial charge in [0.1, 0.15) is 0 Å². The number of ether oxygens (including phenoxy) is 2. The summed E-state index contributed by atoms with van der Waals surface area (Å²) in [5.41, 5.74) is 0. The third kappa shape index (κ3) is 1.27. The maximum absolute atomic E-state index is 5.87. The lowest BCUT2D eigenvalue weighted by molar-refractivity contribution is -0.218. The van der Waals surface area contributed by atoms with E-state index in [-0.39, 0.29) is 17.8 Å². The van der Waals surface area contributed by atoms with Gasteiger partial charge in [0.2, 0.25) is 0 Å². The van der Waals surface area contributed by atoms with Gasteiger partial charge in [0.25, 0.3) is 0 Å². The van der Waals surface area contributed by atoms with Crippen LogP contribution in [0.5, 0.6) is 0 Å². The second kappa shape index (κ2) is 3.00. The molecule has 2 rings (SSSR count). The van der Waals surface area contributed by atoms with Gasteiger partial charge >= 0.3 is 0 Å². The minimum absolute atomic E-state index is 0.135. The Bertz CT molecular complexity index is 163. The summed E-state index contributed by atoms with van der Waals surface area (Å²) in [7, 11) is 0. The maximum Gasteiger partial charge on any atom is 0.168 e. The quantitative estimate of drug-likeness (QED) is 0.628. The summed E-state index contributed by atoms with van der Waals surface area (Å²) in [6.07, 6.45) is 4.44. The van der Waals surface area contributed by atoms with Gasteiger partial charge in [0.15, 0.2) is 5.79 Å². The molecule has 2 unspecified atom stereocenters. The molecule has 2 heteroatoms. The van der Waals surface area contributed by atoms with Crippen LogP contribution < -0.4 is 0 Å². The van der Waals surface area contributed by atoms with Crippen LogP contribution in [-0.4, -0.2) is 18.5 Å². The molecule has 2 nitrogen and oxygen atoms in total. The Morgan fingerprint density at radius 2 is 2.33 bits per heavy atom. The second-order valence-electron chi connectivity index (χ2n) is 3.80. The molecule has 1 saturated heterocycles. The largest absolute Gasteiger partial charge is 0.347 e. The zero-order valence-electron chi connectivity index (χ0n) is 7.58. The van der Waals surface area contributed by atoms with Crippen LogP contribution in [0, 0.1) is 12.8 Å². The molecule has 0 aromatic rings. The van der Waals surface area contributed by atoms with Crippen molar-refractivity contribution in [3.05, 3.63) is 6.92 Å². The van der Waals surface area contributed by atoms with Gasteiger partial charge in [-0.1, -0.05) is 13.3 Å². The van der Waals surface area contributed by atoms with E-state index in [0.29, 0.717) is 6.61 Å². The Balaban J connectivity index is 1.89. The molecule has 1 aliphatic carbocycles. The van der Waals surface area contributed by atoms with Crippen molar-refractivity contribution in [2.75, 3.05) is 6.61 Å². The number of hydrogen-bond donors (Lipinski definition) is 0. The molecular formula is C10H16O2. The monoisotopic (exact) mass is 168 g/mol. The highest BCUT2D eigenvalue weighted by Gasteiger charge is 2.47. The maximum atomic E-state index is 5.87. The lowest BCUT2D eigenvalue weighted by Gasteiger charge is -2.36. The molecular weight excluding hydrogens is 152 g/mol. The van der Waals surface area contributed by atoms with Crippen LogP contribution in [-0.2, 0) is 9.47 Å². The van der Waals surface area contributed by atoms with Crippen LogP contribution >= 0.6 is 0 Å². The first-order valence-corrected chi connectivity index (χ1v) is 4.83. The normalized spacial score (nSPS) is 35.0. The molecule has 1 aliphatic heterocycles. The Hall–Kier alpha value is -0.0800. The minimum atomic E-state index is -0.211. The summed E-state index contributed by atoms with van der Waals surface area (Å²) in [5.74, 6) is -0.0674. The molecule has 0 N–H and O–H groups in total. The highest BCUT2D eigenvalue weighted by Crippen LogP contribution is 2.43. The van der Waals surface area contributed by atoms with Crippen molar-refractivity contribution in [3.8, 4) is 0 Å². The van der Waals surface area contributed by atoms with Gasteiger partial charge < -0.3 is 9.47 Å². The van der Waals surface area contributed by atoms with E-state index in [9.17, 15) is 0 Å². The molecule has 0 bridgehead atoms. The van der Waals surface area contributed by atoms with Crippen molar-refractivity contribution >= 4 is 0 Å². The van der Waals surface area contributed by atoms with Gasteiger partial charge in [-0.3, -0.25) is 0 Å². The summed E-state index contributed by atoms with van der Waals surface area (Å²) >= 11 is 0. The summed E-state index contributed by atoms with van der Waals surface area (Å²) in [6.45, 7) is 8.65. The average Bonchev–Trinajstić information content (AvgIpc) is 2.46. The lowest BCUT2D eigenvalue weighted by atomic mass is 9.91. The second-order valence-corrected chi connectivity index (χ2v) is 3.80. The van der Waals surface area contributed by atoms with Gasteiger partial charge in [-0.15, -0.1) is 0 Å². The van der Waals surface area contributed by atoms with Gasteiger partial charge in [-0.25, -0.2) is 0 Å². The van der Waals surface area contributed by atoms with E-state index in [4.69, 9.17) is 16.4 Å². The van der Waals surface area contributed by atoms with E-state index in [1.165, 1.54) is 6.42 Å². The molecule has 0 aromatic heterocycles. The zero-order chi connectivity index (χ0) is 8.60. The predicted octanol–water partition coefficient (Wildman–Crippen LogP) is 2.02. The van der Waals surface area contributed by atoms with Crippen LogP contribution in [0.15, 0.2) is 0 Å². The van der Waals surface area contributed by atoms with Crippen LogP contribution in [0.4, 0.5) is 0 Å². The average molecular weight is 168 g/mol. The van der Waals surface area contributed by atoms with E-state index in [0.717, 1.165) is 19.3 Å². The van der Waals surface area contributed by atoms with Crippen molar-refractivity contribution in [2.24, 2.45) is 5.92 Å². The van der Waals surface area contributed by atoms with Crippen LogP contribution in [0.1, 0.15) is 32.6 Å². The third-order valence-corrected chi connectivity index (χ3v) is 2.94. The van der Waals surface area contributed by atoms with Crippen molar-refractivity contribution in [3.63, 3.8) is 0 Å². The summed E-state index contributed by atoms with van der Waals surface area (Å²) in [4.78, 5) is 0. The predicted molar refractivity (Wildman–Crippen MR) is 45.5 cm³/mol. The minimum Gasteiger partial charge on any atom is -0.347 e. The first-order chi connectivity index (χ1) is 5.76. The van der Waals surface area contributed by atoms with Crippen molar-refractivity contribution in [1.29, 1.82) is 0 Å². The molecule has 2 radical (unpaired) electrons. The SMILES string of the molecule is [CH]C(CC)C1COC2(CCC2)O1. The Labute approximate surface area is 74.2 Å². The Kier molecular flexibility index (Phi) is 2.13. The van der Waals surface area contributed by atoms with E-state index >= 15 is 0 Å². The van der Waals surface area contributed by atoms with E-state index in [1.807, 2.05) is 0 Å². The highest BCUT2D eigenvalue weighted by atomic mass is 16.7. The van der Waals surface area contributed by atoms with E-state index in [2.05, 4.69) is 6.92 Å². The summed E-state index contributed by atoms with van der Waals surface area (Å²) < 4.78 is 11.4. The standard InChI is InChI=1S/C10H16O2/c1-3-8(2)9-7-11-10(12-9)5-4-6-10/h2,8-9H,3-7H2,1H3. The van der Waals surface area contributed by atoms with Crippen LogP contribution in [0.25, 0.3) is 0 Å². The van der Waals surface area contributed by atoms with Crippen molar-refractivity contribution < 1.29 is 9.47 Å². The van der Waals surface area contributed by atoms with Gasteiger partial charge in [0.05, 0.1) is 12.7 Å². The molecule has 2 aliphatic rings. The fourth-order valence-electron chi connectivity index (χ4n) is 1.78. The van der Waals surface area contributed by atoms with Crippen LogP contribution in [0.2, 0.25) is 0 Å².